The molecule has 0 spiro atoms. The highest BCUT2D eigenvalue weighted by Crippen LogP contribution is 2.40. The van der Waals surface area contributed by atoms with E-state index in [2.05, 4.69) is 41.0 Å². The van der Waals surface area contributed by atoms with Crippen LogP contribution in [0, 0.1) is 11.3 Å². The zero-order chi connectivity index (χ0) is 37.5. The Hall–Kier alpha value is -7.37. The van der Waals surface area contributed by atoms with Crippen LogP contribution in [0.2, 0.25) is 0 Å². The van der Waals surface area contributed by atoms with Gasteiger partial charge in [0.1, 0.15) is 0 Å². The molecule has 2 aromatic heterocycles. The topological polar surface area (TPSA) is 67.4 Å². The van der Waals surface area contributed by atoms with Crippen molar-refractivity contribution in [2.75, 3.05) is 0 Å². The summed E-state index contributed by atoms with van der Waals surface area (Å²) in [6.45, 7) is 0. The van der Waals surface area contributed by atoms with E-state index >= 15 is 0 Å². The Balaban J connectivity index is 1.31. The van der Waals surface area contributed by atoms with Crippen LogP contribution in [0.25, 0.3) is 83.9 Å². The second kappa shape index (κ2) is 13.6. The minimum Gasteiger partial charge on any atom is -0.308 e. The molecule has 0 aliphatic rings. The zero-order valence-corrected chi connectivity index (χ0v) is 29.0. The Morgan fingerprint density at radius 3 is 1.58 bits per heavy atom. The quantitative estimate of drug-likeness (QED) is 0.172. The maximum absolute atomic E-state index is 13.6. The molecule has 9 aromatic rings. The standard InChI is InChI=1S/C47H28F3N5/c48-47(49,50)37-23-19-32(20-24-37)36-21-25-39(46-53-44(33-9-3-1-4-10-33)52-45(54-46)34-11-5-2-6-12-34)43(28-36)55-41-14-8-7-13-38(41)40-27-35(22-26-42(40)55)31-17-15-30(29-51)16-18-31/h1-28H. The van der Waals surface area contributed by atoms with Gasteiger partial charge < -0.3 is 4.57 Å². The van der Waals surface area contributed by atoms with Gasteiger partial charge in [0.2, 0.25) is 0 Å². The van der Waals surface area contributed by atoms with Crippen LogP contribution in [0.1, 0.15) is 11.1 Å². The molecule has 0 N–H and O–H groups in total. The first-order chi connectivity index (χ1) is 26.8. The molecule has 55 heavy (non-hydrogen) atoms. The Labute approximate surface area is 314 Å². The van der Waals surface area contributed by atoms with Gasteiger partial charge in [-0.15, -0.1) is 0 Å². The van der Waals surface area contributed by atoms with Crippen molar-refractivity contribution >= 4 is 21.8 Å². The molecule has 0 aliphatic heterocycles. The number of alkyl halides is 3. The number of aromatic nitrogens is 4. The second-order valence-corrected chi connectivity index (χ2v) is 13.1. The second-order valence-electron chi connectivity index (χ2n) is 13.1. The molecule has 0 saturated heterocycles. The lowest BCUT2D eigenvalue weighted by atomic mass is 10.00. The van der Waals surface area contributed by atoms with Gasteiger partial charge in [-0.2, -0.15) is 18.4 Å². The van der Waals surface area contributed by atoms with Crippen LogP contribution in [0.4, 0.5) is 13.2 Å². The number of halogens is 3. The van der Waals surface area contributed by atoms with Gasteiger partial charge in [0, 0.05) is 27.5 Å². The Bertz CT molecular complexity index is 2840. The van der Waals surface area contributed by atoms with E-state index in [1.54, 1.807) is 0 Å². The molecule has 0 radical (unpaired) electrons. The van der Waals surface area contributed by atoms with Gasteiger partial charge in [0.25, 0.3) is 0 Å². The van der Waals surface area contributed by atoms with Gasteiger partial charge >= 0.3 is 6.18 Å². The van der Waals surface area contributed by atoms with E-state index in [1.165, 1.54) is 12.1 Å². The Kier molecular flexibility index (Phi) is 8.25. The van der Waals surface area contributed by atoms with E-state index in [1.807, 2.05) is 115 Å². The normalized spacial score (nSPS) is 11.5. The SMILES string of the molecule is N#Cc1ccc(-c2ccc3c(c2)c2ccccc2n3-c2cc(-c3ccc(C(F)(F)F)cc3)ccc2-c2nc(-c3ccccc3)nc(-c3ccccc3)n2)cc1. The van der Waals surface area contributed by atoms with Crippen molar-refractivity contribution in [3.05, 3.63) is 181 Å². The van der Waals surface area contributed by atoms with Crippen molar-refractivity contribution < 1.29 is 13.2 Å². The number of para-hydroxylation sites is 1. The number of hydrogen-bond donors (Lipinski definition) is 0. The van der Waals surface area contributed by atoms with Gasteiger partial charge in [-0.25, -0.2) is 15.0 Å². The highest BCUT2D eigenvalue weighted by molar-refractivity contribution is 6.11. The van der Waals surface area contributed by atoms with E-state index in [-0.39, 0.29) is 0 Å². The molecule has 0 atom stereocenters. The molecule has 0 fully saturated rings. The van der Waals surface area contributed by atoms with Gasteiger partial charge in [-0.05, 0) is 76.9 Å². The van der Waals surface area contributed by atoms with Crippen LogP contribution in [0.5, 0.6) is 0 Å². The van der Waals surface area contributed by atoms with Crippen molar-refractivity contribution in [1.29, 1.82) is 5.26 Å². The zero-order valence-electron chi connectivity index (χ0n) is 29.0. The molecule has 7 aromatic carbocycles. The average molecular weight is 720 g/mol. The van der Waals surface area contributed by atoms with Crippen molar-refractivity contribution in [3.63, 3.8) is 0 Å². The molecule has 262 valence electrons. The lowest BCUT2D eigenvalue weighted by molar-refractivity contribution is -0.137. The van der Waals surface area contributed by atoms with E-state index in [0.717, 1.165) is 67.4 Å². The summed E-state index contributed by atoms with van der Waals surface area (Å²) in [7, 11) is 0. The monoisotopic (exact) mass is 719 g/mol. The van der Waals surface area contributed by atoms with Crippen LogP contribution in [-0.2, 0) is 6.18 Å². The molecule has 2 heterocycles. The molecule has 0 bridgehead atoms. The number of benzene rings is 7. The summed E-state index contributed by atoms with van der Waals surface area (Å²) in [5.74, 6) is 1.47. The maximum atomic E-state index is 13.6. The van der Waals surface area contributed by atoms with Crippen molar-refractivity contribution in [3.8, 4) is 68.2 Å². The third kappa shape index (κ3) is 6.28. The minimum absolute atomic E-state index is 0.446. The van der Waals surface area contributed by atoms with Gasteiger partial charge in [0.15, 0.2) is 17.5 Å². The molecule has 0 unspecified atom stereocenters. The number of rotatable bonds is 6. The summed E-state index contributed by atoms with van der Waals surface area (Å²) in [6.07, 6.45) is -4.45. The van der Waals surface area contributed by atoms with Crippen molar-refractivity contribution in [2.24, 2.45) is 0 Å². The van der Waals surface area contributed by atoms with E-state index in [4.69, 9.17) is 15.0 Å². The average Bonchev–Trinajstić information content (AvgIpc) is 3.57. The van der Waals surface area contributed by atoms with E-state index in [0.29, 0.717) is 34.2 Å². The Morgan fingerprint density at radius 1 is 0.455 bits per heavy atom. The third-order valence-corrected chi connectivity index (χ3v) is 9.74. The summed E-state index contributed by atoms with van der Waals surface area (Å²) < 4.78 is 42.8. The largest absolute Gasteiger partial charge is 0.416 e. The summed E-state index contributed by atoms with van der Waals surface area (Å²) in [6, 6.07) is 54.6. The first-order valence-corrected chi connectivity index (χ1v) is 17.6. The number of hydrogen-bond acceptors (Lipinski definition) is 4. The third-order valence-electron chi connectivity index (χ3n) is 9.74. The highest BCUT2D eigenvalue weighted by atomic mass is 19.4. The van der Waals surface area contributed by atoms with Gasteiger partial charge in [-0.3, -0.25) is 0 Å². The molecule has 5 nitrogen and oxygen atoms in total. The summed E-state index contributed by atoms with van der Waals surface area (Å²) in [5.41, 5.74) is 8.20. The van der Waals surface area contributed by atoms with Crippen LogP contribution >= 0.6 is 0 Å². The fourth-order valence-corrected chi connectivity index (χ4v) is 7.02. The lowest BCUT2D eigenvalue weighted by Crippen LogP contribution is -2.05. The number of nitrogens with zero attached hydrogens (tertiary/aromatic N) is 5. The van der Waals surface area contributed by atoms with Crippen LogP contribution in [0.15, 0.2) is 170 Å². The molecule has 9 rings (SSSR count). The Morgan fingerprint density at radius 2 is 0.964 bits per heavy atom. The van der Waals surface area contributed by atoms with Crippen molar-refractivity contribution in [2.45, 2.75) is 6.18 Å². The fraction of sp³-hybridized carbons (Fsp3) is 0.0213. The molecule has 0 saturated carbocycles. The predicted octanol–water partition coefficient (Wildman–Crippen LogP) is 12.2. The van der Waals surface area contributed by atoms with E-state index in [9.17, 15) is 18.4 Å². The summed E-state index contributed by atoms with van der Waals surface area (Å²) >= 11 is 0. The molecule has 8 heteroatoms. The summed E-state index contributed by atoms with van der Waals surface area (Å²) in [4.78, 5) is 15.0. The smallest absolute Gasteiger partial charge is 0.308 e. The number of fused-ring (bicyclic) bond motifs is 3. The van der Waals surface area contributed by atoms with E-state index < -0.39 is 11.7 Å². The molecule has 0 amide bonds. The van der Waals surface area contributed by atoms with Crippen LogP contribution in [-0.4, -0.2) is 19.5 Å². The van der Waals surface area contributed by atoms with Gasteiger partial charge in [-0.1, -0.05) is 115 Å². The van der Waals surface area contributed by atoms with Crippen LogP contribution < -0.4 is 0 Å². The highest BCUT2D eigenvalue weighted by Gasteiger charge is 2.30. The predicted molar refractivity (Wildman–Crippen MR) is 211 cm³/mol. The molecule has 0 aliphatic carbocycles. The first-order valence-electron chi connectivity index (χ1n) is 17.6. The molecular weight excluding hydrogens is 692 g/mol. The minimum atomic E-state index is -4.45. The molecular formula is C47H28F3N5. The summed E-state index contributed by atoms with van der Waals surface area (Å²) in [5, 5.41) is 11.4. The lowest BCUT2D eigenvalue weighted by Gasteiger charge is -2.17. The maximum Gasteiger partial charge on any atom is 0.416 e. The number of nitriles is 1. The fourth-order valence-electron chi connectivity index (χ4n) is 7.02. The van der Waals surface area contributed by atoms with Gasteiger partial charge in [0.05, 0.1) is 33.9 Å². The van der Waals surface area contributed by atoms with Crippen LogP contribution in [0.3, 0.4) is 0 Å². The first kappa shape index (κ1) is 33.5. The van der Waals surface area contributed by atoms with Crippen molar-refractivity contribution in [1.82, 2.24) is 19.5 Å².